The van der Waals surface area contributed by atoms with Gasteiger partial charge in [0.1, 0.15) is 0 Å². The first-order valence-corrected chi connectivity index (χ1v) is 8.45. The smallest absolute Gasteiger partial charge is 0.0381 e. The monoisotopic (exact) mass is 319 g/mol. The van der Waals surface area contributed by atoms with E-state index in [0.29, 0.717) is 5.54 Å². The van der Waals surface area contributed by atoms with Crippen molar-refractivity contribution in [2.24, 2.45) is 17.8 Å². The molecule has 0 atom stereocenters. The molecule has 4 aliphatic rings. The molecule has 4 bridgehead atoms. The summed E-state index contributed by atoms with van der Waals surface area (Å²) in [4.78, 5) is 0. The molecule has 19 heavy (non-hydrogen) atoms. The van der Waals surface area contributed by atoms with Crippen LogP contribution in [0.1, 0.15) is 44.1 Å². The second-order valence-corrected chi connectivity index (χ2v) is 8.14. The molecule has 0 amide bonds. The fourth-order valence-corrected chi connectivity index (χ4v) is 5.62. The largest absolute Gasteiger partial charge is 0.380 e. The Balaban J connectivity index is 1.60. The first-order chi connectivity index (χ1) is 9.12. The minimum absolute atomic E-state index is 0.420. The van der Waals surface area contributed by atoms with E-state index >= 15 is 0 Å². The van der Waals surface area contributed by atoms with Gasteiger partial charge in [-0.2, -0.15) is 0 Å². The van der Waals surface area contributed by atoms with E-state index in [1.54, 1.807) is 0 Å². The summed E-state index contributed by atoms with van der Waals surface area (Å²) in [6.45, 7) is 2.15. The molecule has 0 aromatic heterocycles. The van der Waals surface area contributed by atoms with Gasteiger partial charge in [-0.3, -0.25) is 0 Å². The molecule has 0 spiro atoms. The van der Waals surface area contributed by atoms with Gasteiger partial charge in [0.15, 0.2) is 0 Å². The molecule has 0 saturated heterocycles. The lowest BCUT2D eigenvalue weighted by Crippen LogP contribution is -2.54. The molecule has 4 fully saturated rings. The summed E-state index contributed by atoms with van der Waals surface area (Å²) < 4.78 is 1.22. The number of benzene rings is 1. The van der Waals surface area contributed by atoms with Crippen LogP contribution in [0.5, 0.6) is 0 Å². The van der Waals surface area contributed by atoms with Crippen LogP contribution in [-0.4, -0.2) is 5.54 Å². The summed E-state index contributed by atoms with van der Waals surface area (Å²) in [5, 5.41) is 3.92. The van der Waals surface area contributed by atoms with Gasteiger partial charge in [-0.1, -0.05) is 22.0 Å². The highest BCUT2D eigenvalue weighted by atomic mass is 79.9. The summed E-state index contributed by atoms with van der Waals surface area (Å²) in [5.41, 5.74) is 3.04. The molecule has 0 unspecified atom stereocenters. The van der Waals surface area contributed by atoms with E-state index in [2.05, 4.69) is 46.4 Å². The molecule has 102 valence electrons. The molecule has 0 radical (unpaired) electrons. The molecule has 0 heterocycles. The van der Waals surface area contributed by atoms with Crippen LogP contribution in [0.15, 0.2) is 22.7 Å². The van der Waals surface area contributed by atoms with Crippen molar-refractivity contribution in [2.45, 2.75) is 51.0 Å². The van der Waals surface area contributed by atoms with Crippen molar-refractivity contribution < 1.29 is 0 Å². The van der Waals surface area contributed by atoms with E-state index < -0.39 is 0 Å². The second-order valence-electron chi connectivity index (χ2n) is 7.29. The molecule has 0 aliphatic heterocycles. The minimum atomic E-state index is 0.420. The van der Waals surface area contributed by atoms with Crippen LogP contribution in [0.2, 0.25) is 0 Å². The zero-order chi connectivity index (χ0) is 13.0. The van der Waals surface area contributed by atoms with E-state index in [9.17, 15) is 0 Å². The molecule has 5 rings (SSSR count). The summed E-state index contributed by atoms with van der Waals surface area (Å²) >= 11 is 3.66. The standard InChI is InChI=1S/C17H22BrN/c1-11-2-3-15(7-16(11)18)19-17-8-12-4-13(9-17)6-14(5-12)10-17/h2-3,7,12-14,19H,4-6,8-10H2,1H3. The van der Waals surface area contributed by atoms with Crippen molar-refractivity contribution in [1.29, 1.82) is 0 Å². The normalized spacial score (nSPS) is 39.6. The number of nitrogens with one attached hydrogen (secondary N) is 1. The van der Waals surface area contributed by atoms with E-state index in [0.717, 1.165) is 17.8 Å². The first-order valence-electron chi connectivity index (χ1n) is 7.66. The molecular formula is C17H22BrN. The van der Waals surface area contributed by atoms with Gasteiger partial charge in [0.05, 0.1) is 0 Å². The third kappa shape index (κ3) is 2.12. The molecule has 2 heteroatoms. The van der Waals surface area contributed by atoms with E-state index in [4.69, 9.17) is 0 Å². The van der Waals surface area contributed by atoms with Crippen LogP contribution in [-0.2, 0) is 0 Å². The van der Waals surface area contributed by atoms with Gasteiger partial charge >= 0.3 is 0 Å². The van der Waals surface area contributed by atoms with Gasteiger partial charge < -0.3 is 5.32 Å². The predicted molar refractivity (Wildman–Crippen MR) is 83.4 cm³/mol. The van der Waals surface area contributed by atoms with Crippen LogP contribution in [0.3, 0.4) is 0 Å². The summed E-state index contributed by atoms with van der Waals surface area (Å²) in [6, 6.07) is 6.72. The third-order valence-electron chi connectivity index (χ3n) is 5.62. The Morgan fingerprint density at radius 3 is 2.16 bits per heavy atom. The quantitative estimate of drug-likeness (QED) is 0.796. The second kappa shape index (κ2) is 4.25. The molecule has 1 nitrogen and oxygen atoms in total. The lowest BCUT2D eigenvalue weighted by atomic mass is 9.53. The number of anilines is 1. The van der Waals surface area contributed by atoms with Gasteiger partial charge in [0, 0.05) is 15.7 Å². The van der Waals surface area contributed by atoms with Crippen molar-refractivity contribution >= 4 is 21.6 Å². The molecule has 1 N–H and O–H groups in total. The zero-order valence-corrected chi connectivity index (χ0v) is 13.2. The van der Waals surface area contributed by atoms with E-state index in [1.807, 2.05) is 0 Å². The van der Waals surface area contributed by atoms with Crippen molar-refractivity contribution in [3.8, 4) is 0 Å². The van der Waals surface area contributed by atoms with Crippen molar-refractivity contribution in [2.75, 3.05) is 5.32 Å². The summed E-state index contributed by atoms with van der Waals surface area (Å²) in [7, 11) is 0. The number of aryl methyl sites for hydroxylation is 1. The number of hydrogen-bond donors (Lipinski definition) is 1. The van der Waals surface area contributed by atoms with E-state index in [1.165, 1.54) is 54.2 Å². The maximum absolute atomic E-state index is 3.92. The van der Waals surface area contributed by atoms with Gasteiger partial charge in [0.25, 0.3) is 0 Å². The van der Waals surface area contributed by atoms with Crippen LogP contribution in [0, 0.1) is 24.7 Å². The molecule has 1 aromatic rings. The lowest BCUT2D eigenvalue weighted by molar-refractivity contribution is 0.0107. The van der Waals surface area contributed by atoms with Crippen molar-refractivity contribution in [3.05, 3.63) is 28.2 Å². The highest BCUT2D eigenvalue weighted by Crippen LogP contribution is 2.56. The Hall–Kier alpha value is -0.500. The average Bonchev–Trinajstić information content (AvgIpc) is 2.31. The SMILES string of the molecule is Cc1ccc(NC23CC4CC(CC(C4)C2)C3)cc1Br. The van der Waals surface area contributed by atoms with E-state index in [-0.39, 0.29) is 0 Å². The molecule has 4 aliphatic carbocycles. The van der Waals surface area contributed by atoms with Crippen LogP contribution >= 0.6 is 15.9 Å². The van der Waals surface area contributed by atoms with Crippen molar-refractivity contribution in [1.82, 2.24) is 0 Å². The minimum Gasteiger partial charge on any atom is -0.380 e. The first kappa shape index (κ1) is 12.3. The molecule has 4 saturated carbocycles. The number of rotatable bonds is 2. The Morgan fingerprint density at radius 1 is 1.05 bits per heavy atom. The molecule has 1 aromatic carbocycles. The Kier molecular flexibility index (Phi) is 2.74. The number of halogens is 1. The predicted octanol–water partition coefficient (Wildman–Crippen LogP) is 5.14. The van der Waals surface area contributed by atoms with Gasteiger partial charge in [-0.15, -0.1) is 0 Å². The average molecular weight is 320 g/mol. The lowest BCUT2D eigenvalue weighted by Gasteiger charge is -2.57. The van der Waals surface area contributed by atoms with Gasteiger partial charge in [-0.25, -0.2) is 0 Å². The fraction of sp³-hybridized carbons (Fsp3) is 0.647. The molecular weight excluding hydrogens is 298 g/mol. The van der Waals surface area contributed by atoms with Crippen molar-refractivity contribution in [3.63, 3.8) is 0 Å². The maximum atomic E-state index is 3.92. The number of hydrogen-bond acceptors (Lipinski definition) is 1. The highest BCUT2D eigenvalue weighted by Gasteiger charge is 2.50. The Bertz CT molecular complexity index is 473. The van der Waals surface area contributed by atoms with Gasteiger partial charge in [0.2, 0.25) is 0 Å². The topological polar surface area (TPSA) is 12.0 Å². The summed E-state index contributed by atoms with van der Waals surface area (Å²) in [5.74, 6) is 3.02. The Labute approximate surface area is 124 Å². The Morgan fingerprint density at radius 2 is 1.63 bits per heavy atom. The third-order valence-corrected chi connectivity index (χ3v) is 6.47. The zero-order valence-electron chi connectivity index (χ0n) is 11.6. The van der Waals surface area contributed by atoms with Gasteiger partial charge in [-0.05, 0) is 80.9 Å². The van der Waals surface area contributed by atoms with Crippen LogP contribution in [0.25, 0.3) is 0 Å². The van der Waals surface area contributed by atoms with Crippen LogP contribution in [0.4, 0.5) is 5.69 Å². The van der Waals surface area contributed by atoms with Crippen LogP contribution < -0.4 is 5.32 Å². The highest BCUT2D eigenvalue weighted by molar-refractivity contribution is 9.10. The summed E-state index contributed by atoms with van der Waals surface area (Å²) in [6.07, 6.45) is 8.76. The fourth-order valence-electron chi connectivity index (χ4n) is 5.24. The maximum Gasteiger partial charge on any atom is 0.0381 e.